The molecule has 3 rings (SSSR count). The van der Waals surface area contributed by atoms with Gasteiger partial charge in [-0.15, -0.1) is 11.3 Å². The zero-order valence-electron chi connectivity index (χ0n) is 13.3. The monoisotopic (exact) mass is 330 g/mol. The Morgan fingerprint density at radius 1 is 1.26 bits per heavy atom. The van der Waals surface area contributed by atoms with E-state index in [4.69, 9.17) is 9.26 Å². The van der Waals surface area contributed by atoms with Crippen LogP contribution in [0.15, 0.2) is 28.8 Å². The quantitative estimate of drug-likeness (QED) is 0.746. The van der Waals surface area contributed by atoms with Crippen LogP contribution in [0.1, 0.15) is 15.6 Å². The maximum absolute atomic E-state index is 5.24. The summed E-state index contributed by atoms with van der Waals surface area (Å²) >= 11 is 1.72. The van der Waals surface area contributed by atoms with Crippen molar-refractivity contribution in [2.45, 2.75) is 20.3 Å². The summed E-state index contributed by atoms with van der Waals surface area (Å²) < 4.78 is 10.4. The molecule has 0 atom stereocenters. The largest absolute Gasteiger partial charge is 0.497 e. The third-order valence-corrected chi connectivity index (χ3v) is 4.51. The summed E-state index contributed by atoms with van der Waals surface area (Å²) in [6, 6.07) is 7.98. The molecule has 3 aromatic rings. The highest BCUT2D eigenvalue weighted by Crippen LogP contribution is 2.22. The molecule has 0 amide bonds. The lowest BCUT2D eigenvalue weighted by Gasteiger charge is -2.00. The van der Waals surface area contributed by atoms with Crippen LogP contribution in [-0.2, 0) is 6.42 Å². The number of nitrogens with one attached hydrogen (secondary N) is 1. The van der Waals surface area contributed by atoms with Gasteiger partial charge >= 0.3 is 6.01 Å². The molecule has 2 heterocycles. The van der Waals surface area contributed by atoms with Gasteiger partial charge in [-0.1, -0.05) is 17.3 Å². The van der Waals surface area contributed by atoms with Gasteiger partial charge in [0.15, 0.2) is 0 Å². The highest BCUT2D eigenvalue weighted by molar-refractivity contribution is 7.11. The molecular formula is C16H18N4O2S. The van der Waals surface area contributed by atoms with Gasteiger partial charge in [-0.25, -0.2) is 4.98 Å². The van der Waals surface area contributed by atoms with Gasteiger partial charge in [-0.05, 0) is 26.0 Å². The second kappa shape index (κ2) is 6.78. The van der Waals surface area contributed by atoms with Crippen LogP contribution < -0.4 is 10.1 Å². The molecule has 2 aromatic heterocycles. The lowest BCUT2D eigenvalue weighted by molar-refractivity contribution is 0.414. The van der Waals surface area contributed by atoms with E-state index < -0.39 is 0 Å². The number of aromatic nitrogens is 3. The molecule has 0 saturated heterocycles. The van der Waals surface area contributed by atoms with Gasteiger partial charge in [0.25, 0.3) is 0 Å². The minimum atomic E-state index is 0.418. The molecule has 0 fully saturated rings. The molecule has 7 heteroatoms. The van der Waals surface area contributed by atoms with E-state index in [1.165, 1.54) is 4.88 Å². The summed E-state index contributed by atoms with van der Waals surface area (Å²) in [5.74, 6) is 1.30. The third kappa shape index (κ3) is 3.68. The first-order chi connectivity index (χ1) is 11.2. The number of anilines is 1. The summed E-state index contributed by atoms with van der Waals surface area (Å²) in [4.78, 5) is 10.1. The van der Waals surface area contributed by atoms with Gasteiger partial charge < -0.3 is 14.6 Å². The van der Waals surface area contributed by atoms with E-state index in [1.807, 2.05) is 38.1 Å². The number of nitrogens with zero attached hydrogens (tertiary/aromatic N) is 3. The van der Waals surface area contributed by atoms with Crippen LogP contribution in [-0.4, -0.2) is 28.8 Å². The second-order valence-corrected chi connectivity index (χ2v) is 6.36. The molecule has 0 aliphatic heterocycles. The molecule has 1 aromatic carbocycles. The lowest BCUT2D eigenvalue weighted by atomic mass is 10.2. The molecule has 0 unspecified atom stereocenters. The number of hydrogen-bond acceptors (Lipinski definition) is 7. The van der Waals surface area contributed by atoms with E-state index in [0.717, 1.165) is 35.0 Å². The number of rotatable bonds is 6. The normalized spacial score (nSPS) is 10.7. The number of methoxy groups -OCH3 is 1. The van der Waals surface area contributed by atoms with Crippen molar-refractivity contribution in [1.29, 1.82) is 0 Å². The third-order valence-electron chi connectivity index (χ3n) is 3.38. The van der Waals surface area contributed by atoms with Crippen molar-refractivity contribution in [2.24, 2.45) is 0 Å². The van der Waals surface area contributed by atoms with Crippen LogP contribution in [0.3, 0.4) is 0 Å². The number of hydrogen-bond donors (Lipinski definition) is 1. The van der Waals surface area contributed by atoms with Crippen molar-refractivity contribution in [1.82, 2.24) is 15.1 Å². The average Bonchev–Trinajstić information content (AvgIpc) is 3.14. The first-order valence-electron chi connectivity index (χ1n) is 7.30. The van der Waals surface area contributed by atoms with Crippen LogP contribution in [0.25, 0.3) is 11.4 Å². The van der Waals surface area contributed by atoms with Gasteiger partial charge in [0.2, 0.25) is 5.82 Å². The predicted octanol–water partition coefficient (Wildman–Crippen LogP) is 3.47. The topological polar surface area (TPSA) is 73.1 Å². The fraction of sp³-hybridized carbons (Fsp3) is 0.312. The SMILES string of the molecule is COc1cccc(-c2noc(NCCc3sc(C)nc3C)n2)c1. The maximum atomic E-state index is 5.24. The Hall–Kier alpha value is -2.41. The van der Waals surface area contributed by atoms with E-state index >= 15 is 0 Å². The Balaban J connectivity index is 1.62. The van der Waals surface area contributed by atoms with Crippen LogP contribution >= 0.6 is 11.3 Å². The van der Waals surface area contributed by atoms with Crippen LogP contribution in [0.2, 0.25) is 0 Å². The Kier molecular flexibility index (Phi) is 4.57. The first kappa shape index (κ1) is 15.5. The molecule has 0 aliphatic carbocycles. The lowest BCUT2D eigenvalue weighted by Crippen LogP contribution is -2.04. The molecule has 6 nitrogen and oxygen atoms in total. The van der Waals surface area contributed by atoms with Gasteiger partial charge in [0, 0.05) is 23.4 Å². The highest BCUT2D eigenvalue weighted by atomic mass is 32.1. The molecule has 120 valence electrons. The average molecular weight is 330 g/mol. The predicted molar refractivity (Wildman–Crippen MR) is 90.1 cm³/mol. The first-order valence-corrected chi connectivity index (χ1v) is 8.12. The fourth-order valence-electron chi connectivity index (χ4n) is 2.26. The van der Waals surface area contributed by atoms with Gasteiger partial charge in [0.05, 0.1) is 17.8 Å². The van der Waals surface area contributed by atoms with Crippen molar-refractivity contribution in [2.75, 3.05) is 19.0 Å². The Labute approximate surface area is 138 Å². The van der Waals surface area contributed by atoms with Gasteiger partial charge in [-0.3, -0.25) is 0 Å². The minimum absolute atomic E-state index is 0.418. The summed E-state index contributed by atoms with van der Waals surface area (Å²) in [6.07, 6.45) is 0.883. The van der Waals surface area contributed by atoms with E-state index in [2.05, 4.69) is 20.4 Å². The zero-order chi connectivity index (χ0) is 16.2. The van der Waals surface area contributed by atoms with E-state index in [-0.39, 0.29) is 0 Å². The zero-order valence-corrected chi connectivity index (χ0v) is 14.1. The molecule has 1 N–H and O–H groups in total. The molecule has 0 spiro atoms. The number of thiazole rings is 1. The van der Waals surface area contributed by atoms with Gasteiger partial charge in [0.1, 0.15) is 5.75 Å². The van der Waals surface area contributed by atoms with Crippen molar-refractivity contribution in [3.8, 4) is 17.1 Å². The number of aryl methyl sites for hydroxylation is 2. The molecular weight excluding hydrogens is 312 g/mol. The standard InChI is InChI=1S/C16H18N4O2S/c1-10-14(23-11(2)18-10)7-8-17-16-19-15(20-22-16)12-5-4-6-13(9-12)21-3/h4-6,9H,7-8H2,1-3H3,(H,17,19,20). The van der Waals surface area contributed by atoms with Crippen LogP contribution in [0, 0.1) is 13.8 Å². The van der Waals surface area contributed by atoms with Crippen LogP contribution in [0.4, 0.5) is 6.01 Å². The second-order valence-electron chi connectivity index (χ2n) is 5.07. The smallest absolute Gasteiger partial charge is 0.321 e. The summed E-state index contributed by atoms with van der Waals surface area (Å²) in [5.41, 5.74) is 1.95. The van der Waals surface area contributed by atoms with E-state index in [9.17, 15) is 0 Å². The molecule has 0 radical (unpaired) electrons. The summed E-state index contributed by atoms with van der Waals surface area (Å²) in [7, 11) is 1.63. The van der Waals surface area contributed by atoms with Crippen molar-refractivity contribution < 1.29 is 9.26 Å². The molecule has 0 saturated carbocycles. The minimum Gasteiger partial charge on any atom is -0.497 e. The summed E-state index contributed by atoms with van der Waals surface area (Å²) in [6.45, 7) is 4.78. The Morgan fingerprint density at radius 3 is 2.87 bits per heavy atom. The number of ether oxygens (including phenoxy) is 1. The molecule has 0 bridgehead atoms. The Bertz CT molecular complexity index is 797. The van der Waals surface area contributed by atoms with E-state index in [1.54, 1.807) is 18.4 Å². The maximum Gasteiger partial charge on any atom is 0.321 e. The highest BCUT2D eigenvalue weighted by Gasteiger charge is 2.10. The van der Waals surface area contributed by atoms with Gasteiger partial charge in [-0.2, -0.15) is 4.98 Å². The molecule has 23 heavy (non-hydrogen) atoms. The van der Waals surface area contributed by atoms with Crippen molar-refractivity contribution >= 4 is 17.4 Å². The van der Waals surface area contributed by atoms with Crippen molar-refractivity contribution in [3.63, 3.8) is 0 Å². The van der Waals surface area contributed by atoms with Crippen molar-refractivity contribution in [3.05, 3.63) is 39.8 Å². The summed E-state index contributed by atoms with van der Waals surface area (Å²) in [5, 5.41) is 8.24. The van der Waals surface area contributed by atoms with Crippen LogP contribution in [0.5, 0.6) is 5.75 Å². The Morgan fingerprint density at radius 2 is 2.13 bits per heavy atom. The van der Waals surface area contributed by atoms with E-state index in [0.29, 0.717) is 11.8 Å². The fourth-order valence-corrected chi connectivity index (χ4v) is 3.20. The number of benzene rings is 1. The molecule has 0 aliphatic rings.